The molecule has 1 aliphatic rings. The topological polar surface area (TPSA) is 200 Å². The standard InChI is InChI=1S/C35H59FN10O9Si/c1-35(2,3)55-34(48)40-26-22-45(21-25(26)36)32-41-29(28-30(42-32)44(4)24-38-28)39-27-23-46(43-31(27)49-5)10-12-51-14-16-53-18-17-52-15-13-50-11-9-37-33(47)54-19-20-56(6,7)8/h23-26H,9-22H2,1-8H3,(H,37,47)(H,40,48)(H,39,41,42)/t25-,26-/m1/s1. The van der Waals surface area contributed by atoms with Gasteiger partial charge in [0.05, 0.1) is 98.2 Å². The molecule has 3 N–H and O–H groups in total. The monoisotopic (exact) mass is 810 g/mol. The molecule has 1 fully saturated rings. The van der Waals surface area contributed by atoms with E-state index in [1.807, 2.05) is 0 Å². The smallest absolute Gasteiger partial charge is 0.408 e. The Hall–Kier alpha value is -4.31. The van der Waals surface area contributed by atoms with Gasteiger partial charge in [-0.15, -0.1) is 5.10 Å². The molecule has 3 aromatic heterocycles. The lowest BCUT2D eigenvalue weighted by molar-refractivity contribution is -0.00241. The number of hydrogen-bond donors (Lipinski definition) is 3. The average Bonchev–Trinajstić information content (AvgIpc) is 3.81. The fourth-order valence-corrected chi connectivity index (χ4v) is 5.99. The summed E-state index contributed by atoms with van der Waals surface area (Å²) in [5, 5.41) is 13.1. The van der Waals surface area contributed by atoms with Crippen LogP contribution in [0.1, 0.15) is 20.8 Å². The van der Waals surface area contributed by atoms with E-state index in [0.717, 1.165) is 6.04 Å². The number of carbonyl (C=O) groups excluding carboxylic acids is 2. The van der Waals surface area contributed by atoms with Crippen molar-refractivity contribution in [3.05, 3.63) is 12.5 Å². The summed E-state index contributed by atoms with van der Waals surface area (Å²) in [6.45, 7) is 16.6. The molecule has 0 saturated carbocycles. The SMILES string of the molecule is COc1nn(CCOCCOCCOCCOCCNC(=O)OCC[Si](C)(C)C)cc1Nc1nc(N2C[C@@H](F)[C@H](NC(=O)OC(C)(C)C)C2)nc2c1ncn2C. The van der Waals surface area contributed by atoms with Crippen molar-refractivity contribution in [1.82, 2.24) is 39.9 Å². The van der Waals surface area contributed by atoms with Crippen molar-refractivity contribution >= 4 is 48.9 Å². The van der Waals surface area contributed by atoms with Crippen LogP contribution in [0.25, 0.3) is 11.2 Å². The Balaban J connectivity index is 1.13. The summed E-state index contributed by atoms with van der Waals surface area (Å²) in [5.41, 5.74) is 0.870. The molecule has 1 aliphatic heterocycles. The van der Waals surface area contributed by atoms with Crippen molar-refractivity contribution in [2.45, 2.75) is 70.8 Å². The van der Waals surface area contributed by atoms with E-state index in [4.69, 9.17) is 38.1 Å². The molecule has 2 amide bonds. The molecule has 21 heteroatoms. The van der Waals surface area contributed by atoms with E-state index in [-0.39, 0.29) is 19.0 Å². The van der Waals surface area contributed by atoms with Gasteiger partial charge in [-0.2, -0.15) is 9.97 Å². The van der Waals surface area contributed by atoms with Crippen LogP contribution < -0.4 is 25.6 Å². The van der Waals surface area contributed by atoms with Gasteiger partial charge in [-0.1, -0.05) is 19.6 Å². The molecule has 0 unspecified atom stereocenters. The van der Waals surface area contributed by atoms with E-state index in [9.17, 15) is 9.59 Å². The lowest BCUT2D eigenvalue weighted by Crippen LogP contribution is -2.44. The van der Waals surface area contributed by atoms with Crippen LogP contribution in [0.5, 0.6) is 5.88 Å². The summed E-state index contributed by atoms with van der Waals surface area (Å²) in [6.07, 6.45) is 0.932. The molecule has 56 heavy (non-hydrogen) atoms. The third-order valence-corrected chi connectivity index (χ3v) is 9.84. The minimum Gasteiger partial charge on any atom is -0.478 e. The number of carbonyl (C=O) groups is 2. The van der Waals surface area contributed by atoms with Crippen molar-refractivity contribution in [2.75, 3.05) is 96.4 Å². The van der Waals surface area contributed by atoms with Crippen LogP contribution in [-0.4, -0.2) is 154 Å². The number of methoxy groups -OCH3 is 1. The summed E-state index contributed by atoms with van der Waals surface area (Å²) < 4.78 is 56.8. The highest BCUT2D eigenvalue weighted by atomic mass is 28.3. The number of nitrogens with one attached hydrogen (secondary N) is 3. The van der Waals surface area contributed by atoms with Gasteiger partial charge in [0, 0.05) is 28.2 Å². The first-order chi connectivity index (χ1) is 26.6. The number of aryl methyl sites for hydroxylation is 1. The number of halogens is 1. The van der Waals surface area contributed by atoms with E-state index in [1.54, 1.807) is 54.5 Å². The molecule has 2 atom stereocenters. The molecule has 3 aromatic rings. The van der Waals surface area contributed by atoms with Gasteiger partial charge in [-0.05, 0) is 26.8 Å². The largest absolute Gasteiger partial charge is 0.478 e. The Morgan fingerprint density at radius 3 is 2.23 bits per heavy atom. The van der Waals surface area contributed by atoms with Crippen LogP contribution in [0.15, 0.2) is 12.5 Å². The van der Waals surface area contributed by atoms with Crippen LogP contribution in [0.2, 0.25) is 25.7 Å². The molecule has 0 spiro atoms. The molecule has 0 bridgehead atoms. The predicted octanol–water partition coefficient (Wildman–Crippen LogP) is 3.49. The van der Waals surface area contributed by atoms with Gasteiger partial charge in [-0.3, -0.25) is 4.68 Å². The molecule has 1 saturated heterocycles. The van der Waals surface area contributed by atoms with Crippen LogP contribution in [0.4, 0.5) is 31.4 Å². The second-order valence-electron chi connectivity index (χ2n) is 15.3. The van der Waals surface area contributed by atoms with E-state index in [1.165, 1.54) is 7.11 Å². The average molecular weight is 811 g/mol. The van der Waals surface area contributed by atoms with Crippen molar-refractivity contribution in [2.24, 2.45) is 7.05 Å². The number of imidazole rings is 1. The fourth-order valence-electron chi connectivity index (χ4n) is 5.27. The van der Waals surface area contributed by atoms with Gasteiger partial charge in [-0.25, -0.2) is 19.0 Å². The number of hydrogen-bond acceptors (Lipinski definition) is 15. The van der Waals surface area contributed by atoms with Crippen molar-refractivity contribution in [1.29, 1.82) is 0 Å². The molecule has 0 aromatic carbocycles. The minimum absolute atomic E-state index is 0.0150. The maximum absolute atomic E-state index is 15.1. The molecule has 19 nitrogen and oxygen atoms in total. The normalized spacial score (nSPS) is 16.0. The van der Waals surface area contributed by atoms with E-state index in [0.29, 0.717) is 101 Å². The van der Waals surface area contributed by atoms with Crippen LogP contribution in [0.3, 0.4) is 0 Å². The maximum atomic E-state index is 15.1. The van der Waals surface area contributed by atoms with Crippen molar-refractivity contribution in [3.8, 4) is 5.88 Å². The summed E-state index contributed by atoms with van der Waals surface area (Å²) in [6, 6.07) is 0.140. The van der Waals surface area contributed by atoms with Gasteiger partial charge in [0.1, 0.15) is 17.5 Å². The van der Waals surface area contributed by atoms with Crippen molar-refractivity contribution in [3.63, 3.8) is 0 Å². The maximum Gasteiger partial charge on any atom is 0.408 e. The highest BCUT2D eigenvalue weighted by Crippen LogP contribution is 2.31. The third-order valence-electron chi connectivity index (χ3n) is 8.14. The Kier molecular flexibility index (Phi) is 16.9. The van der Waals surface area contributed by atoms with E-state index < -0.39 is 38.1 Å². The molecule has 0 aliphatic carbocycles. The zero-order chi connectivity index (χ0) is 40.7. The Morgan fingerprint density at radius 2 is 1.59 bits per heavy atom. The van der Waals surface area contributed by atoms with Gasteiger partial charge in [0.2, 0.25) is 5.95 Å². The number of nitrogens with zero attached hydrogens (tertiary/aromatic N) is 7. The van der Waals surface area contributed by atoms with E-state index in [2.05, 4.69) is 50.7 Å². The molecule has 4 heterocycles. The highest BCUT2D eigenvalue weighted by molar-refractivity contribution is 6.76. The minimum atomic E-state index is -1.35. The molecule has 4 rings (SSSR count). The van der Waals surface area contributed by atoms with Gasteiger partial charge < -0.3 is 58.6 Å². The second-order valence-corrected chi connectivity index (χ2v) is 21.0. The number of anilines is 3. The molecule has 314 valence electrons. The van der Waals surface area contributed by atoms with Gasteiger partial charge in [0.25, 0.3) is 5.88 Å². The van der Waals surface area contributed by atoms with Crippen LogP contribution in [-0.2, 0) is 42.0 Å². The van der Waals surface area contributed by atoms with Crippen LogP contribution in [0, 0.1) is 0 Å². The zero-order valence-electron chi connectivity index (χ0n) is 33.9. The van der Waals surface area contributed by atoms with Crippen LogP contribution >= 0.6 is 0 Å². The number of fused-ring (bicyclic) bond motifs is 1. The third kappa shape index (κ3) is 15.0. The number of alkyl halides is 1. The number of amides is 2. The summed E-state index contributed by atoms with van der Waals surface area (Å²) >= 11 is 0. The number of aromatic nitrogens is 6. The Labute approximate surface area is 328 Å². The summed E-state index contributed by atoms with van der Waals surface area (Å²) in [4.78, 5) is 39.5. The summed E-state index contributed by atoms with van der Waals surface area (Å²) in [5.74, 6) is 0.987. The zero-order valence-corrected chi connectivity index (χ0v) is 34.9. The lowest BCUT2D eigenvalue weighted by atomic mass is 10.2. The van der Waals surface area contributed by atoms with Crippen molar-refractivity contribution < 1.29 is 47.1 Å². The highest BCUT2D eigenvalue weighted by Gasteiger charge is 2.37. The second kappa shape index (κ2) is 21.3. The molecular weight excluding hydrogens is 752 g/mol. The number of alkyl carbamates (subject to hydrolysis) is 2. The Bertz CT molecular complexity index is 1680. The first kappa shape index (κ1) is 44.4. The fraction of sp³-hybridized carbons (Fsp3) is 0.714. The van der Waals surface area contributed by atoms with E-state index >= 15 is 4.39 Å². The first-order valence-electron chi connectivity index (χ1n) is 18.8. The summed E-state index contributed by atoms with van der Waals surface area (Å²) in [7, 11) is 2.10. The number of rotatable bonds is 23. The quantitative estimate of drug-likeness (QED) is 0.0928. The van der Waals surface area contributed by atoms with Gasteiger partial charge in [0.15, 0.2) is 17.0 Å². The molecule has 0 radical (unpaired) electrons. The number of ether oxygens (including phenoxy) is 7. The predicted molar refractivity (Wildman–Crippen MR) is 209 cm³/mol. The first-order valence-corrected chi connectivity index (χ1v) is 22.5. The van der Waals surface area contributed by atoms with Gasteiger partial charge >= 0.3 is 12.2 Å². The molecular formula is C35H59FN10O9Si. The Morgan fingerprint density at radius 1 is 0.929 bits per heavy atom. The lowest BCUT2D eigenvalue weighted by Gasteiger charge is -2.22.